The molecule has 1 N–H and O–H groups in total. The molecule has 0 radical (unpaired) electrons. The van der Waals surface area contributed by atoms with Crippen molar-refractivity contribution >= 4 is 29.1 Å². The molecule has 0 spiro atoms. The molecule has 150 valence electrons. The molecule has 0 atom stereocenters. The van der Waals surface area contributed by atoms with Crippen molar-refractivity contribution in [1.29, 1.82) is 0 Å². The highest BCUT2D eigenvalue weighted by molar-refractivity contribution is 6.40. The van der Waals surface area contributed by atoms with E-state index in [1.165, 1.54) is 5.01 Å². The molecule has 0 aliphatic carbocycles. The maximum absolute atomic E-state index is 12.9. The zero-order chi connectivity index (χ0) is 21.0. The molecule has 0 saturated carbocycles. The average molecular weight is 392 g/mol. The van der Waals surface area contributed by atoms with Gasteiger partial charge in [-0.1, -0.05) is 24.3 Å². The molecule has 2 aromatic rings. The van der Waals surface area contributed by atoms with Gasteiger partial charge in [-0.25, -0.2) is 5.01 Å². The van der Waals surface area contributed by atoms with E-state index in [1.807, 2.05) is 37.3 Å². The van der Waals surface area contributed by atoms with Crippen LogP contribution in [0.2, 0.25) is 0 Å². The predicted octanol–water partition coefficient (Wildman–Crippen LogP) is 2.50. The second kappa shape index (κ2) is 8.68. The summed E-state index contributed by atoms with van der Waals surface area (Å²) in [5, 5.41) is 8.23. The van der Waals surface area contributed by atoms with E-state index >= 15 is 0 Å². The Morgan fingerprint density at radius 1 is 1.14 bits per heavy atom. The number of anilines is 1. The molecule has 1 heterocycles. The quantitative estimate of drug-likeness (QED) is 0.849. The molecule has 2 aromatic carbocycles. The largest absolute Gasteiger partial charge is 0.355 e. The standard InChI is InChI=1S/C22H24N4O3/c1-15-5-4-6-18(13-15)26-20(27)12-11-19(24-26)22(29)25(3)14-16-7-9-17(10-8-16)21(28)23-2/h4-10,13H,11-12,14H2,1-3H3,(H,23,28). The highest BCUT2D eigenvalue weighted by Crippen LogP contribution is 2.22. The second-order valence-electron chi connectivity index (χ2n) is 7.03. The van der Waals surface area contributed by atoms with Crippen LogP contribution in [0, 0.1) is 6.92 Å². The van der Waals surface area contributed by atoms with Gasteiger partial charge in [0.2, 0.25) is 5.91 Å². The highest BCUT2D eigenvalue weighted by atomic mass is 16.2. The van der Waals surface area contributed by atoms with Crippen LogP contribution < -0.4 is 10.3 Å². The van der Waals surface area contributed by atoms with Crippen LogP contribution in [-0.4, -0.2) is 42.4 Å². The molecule has 0 bridgehead atoms. The number of hydrazone groups is 1. The van der Waals surface area contributed by atoms with Gasteiger partial charge >= 0.3 is 0 Å². The molecule has 3 amide bonds. The van der Waals surface area contributed by atoms with E-state index in [9.17, 15) is 14.4 Å². The predicted molar refractivity (Wildman–Crippen MR) is 112 cm³/mol. The number of carbonyl (C=O) groups is 3. The maximum atomic E-state index is 12.9. The summed E-state index contributed by atoms with van der Waals surface area (Å²) in [6.07, 6.45) is 0.563. The molecule has 3 rings (SSSR count). The Morgan fingerprint density at radius 2 is 1.86 bits per heavy atom. The lowest BCUT2D eigenvalue weighted by Crippen LogP contribution is -2.39. The van der Waals surface area contributed by atoms with Gasteiger partial charge in [-0.3, -0.25) is 14.4 Å². The fraction of sp³-hybridized carbons (Fsp3) is 0.273. The van der Waals surface area contributed by atoms with E-state index in [-0.39, 0.29) is 24.1 Å². The monoisotopic (exact) mass is 392 g/mol. The minimum atomic E-state index is -0.217. The third-order valence-electron chi connectivity index (χ3n) is 4.74. The Bertz CT molecular complexity index is 966. The van der Waals surface area contributed by atoms with Crippen LogP contribution in [0.15, 0.2) is 53.6 Å². The molecule has 0 fully saturated rings. The first-order valence-corrected chi connectivity index (χ1v) is 9.42. The molecule has 0 unspecified atom stereocenters. The van der Waals surface area contributed by atoms with Crippen LogP contribution in [-0.2, 0) is 16.1 Å². The fourth-order valence-electron chi connectivity index (χ4n) is 3.14. The van der Waals surface area contributed by atoms with Gasteiger partial charge < -0.3 is 10.2 Å². The number of carbonyl (C=O) groups excluding carboxylic acids is 3. The van der Waals surface area contributed by atoms with Crippen LogP contribution in [0.4, 0.5) is 5.69 Å². The highest BCUT2D eigenvalue weighted by Gasteiger charge is 2.27. The van der Waals surface area contributed by atoms with Gasteiger partial charge in [0, 0.05) is 39.0 Å². The van der Waals surface area contributed by atoms with Gasteiger partial charge in [0.15, 0.2) is 0 Å². The van der Waals surface area contributed by atoms with Gasteiger partial charge in [-0.2, -0.15) is 5.10 Å². The summed E-state index contributed by atoms with van der Waals surface area (Å²) in [6, 6.07) is 14.6. The Morgan fingerprint density at radius 3 is 2.52 bits per heavy atom. The average Bonchev–Trinajstić information content (AvgIpc) is 2.73. The zero-order valence-corrected chi connectivity index (χ0v) is 16.8. The third-order valence-corrected chi connectivity index (χ3v) is 4.74. The molecular formula is C22H24N4O3. The van der Waals surface area contributed by atoms with Crippen molar-refractivity contribution in [3.05, 3.63) is 65.2 Å². The number of nitrogens with one attached hydrogen (secondary N) is 1. The van der Waals surface area contributed by atoms with Gasteiger partial charge in [0.1, 0.15) is 5.71 Å². The van der Waals surface area contributed by atoms with Crippen molar-refractivity contribution in [3.63, 3.8) is 0 Å². The molecule has 1 aliphatic rings. The minimum Gasteiger partial charge on any atom is -0.355 e. The Hall–Kier alpha value is -3.48. The van der Waals surface area contributed by atoms with Crippen molar-refractivity contribution in [2.45, 2.75) is 26.3 Å². The summed E-state index contributed by atoms with van der Waals surface area (Å²) in [7, 11) is 3.28. The molecule has 0 saturated heterocycles. The van der Waals surface area contributed by atoms with Crippen LogP contribution in [0.5, 0.6) is 0 Å². The van der Waals surface area contributed by atoms with E-state index in [0.29, 0.717) is 29.9 Å². The van der Waals surface area contributed by atoms with Crippen molar-refractivity contribution < 1.29 is 14.4 Å². The summed E-state index contributed by atoms with van der Waals surface area (Å²) >= 11 is 0. The first kappa shape index (κ1) is 20.3. The Balaban J connectivity index is 1.73. The van der Waals surface area contributed by atoms with E-state index < -0.39 is 0 Å². The number of hydrogen-bond donors (Lipinski definition) is 1. The topological polar surface area (TPSA) is 82.1 Å². The van der Waals surface area contributed by atoms with E-state index in [1.54, 1.807) is 37.2 Å². The molecule has 1 aliphatic heterocycles. The number of nitrogens with zero attached hydrogens (tertiary/aromatic N) is 3. The first-order valence-electron chi connectivity index (χ1n) is 9.42. The fourth-order valence-corrected chi connectivity index (χ4v) is 3.14. The van der Waals surface area contributed by atoms with Gasteiger partial charge in [-0.05, 0) is 42.3 Å². The SMILES string of the molecule is CNC(=O)c1ccc(CN(C)C(=O)C2=NN(c3cccc(C)c3)C(=O)CC2)cc1. The first-order chi connectivity index (χ1) is 13.9. The van der Waals surface area contributed by atoms with Crippen LogP contribution >= 0.6 is 0 Å². The number of benzene rings is 2. The van der Waals surface area contributed by atoms with Crippen LogP contribution in [0.25, 0.3) is 0 Å². The summed E-state index contributed by atoms with van der Waals surface area (Å²) in [5.74, 6) is -0.497. The summed E-state index contributed by atoms with van der Waals surface area (Å²) < 4.78 is 0. The van der Waals surface area contributed by atoms with Crippen LogP contribution in [0.1, 0.15) is 34.3 Å². The van der Waals surface area contributed by atoms with E-state index in [2.05, 4.69) is 10.4 Å². The van der Waals surface area contributed by atoms with Crippen molar-refractivity contribution in [2.24, 2.45) is 5.10 Å². The molecule has 7 heteroatoms. The summed E-state index contributed by atoms with van der Waals surface area (Å²) in [6.45, 7) is 2.32. The lowest BCUT2D eigenvalue weighted by Gasteiger charge is -2.25. The van der Waals surface area contributed by atoms with Gasteiger partial charge in [0.05, 0.1) is 5.69 Å². The molecule has 7 nitrogen and oxygen atoms in total. The molecule has 0 aromatic heterocycles. The number of amides is 3. The third kappa shape index (κ3) is 4.68. The Kier molecular flexibility index (Phi) is 6.07. The van der Waals surface area contributed by atoms with E-state index in [4.69, 9.17) is 0 Å². The molecular weight excluding hydrogens is 368 g/mol. The van der Waals surface area contributed by atoms with Crippen molar-refractivity contribution in [3.8, 4) is 0 Å². The van der Waals surface area contributed by atoms with Crippen LogP contribution in [0.3, 0.4) is 0 Å². The van der Waals surface area contributed by atoms with Crippen molar-refractivity contribution in [1.82, 2.24) is 10.2 Å². The van der Waals surface area contributed by atoms with Crippen molar-refractivity contribution in [2.75, 3.05) is 19.1 Å². The van der Waals surface area contributed by atoms with E-state index in [0.717, 1.165) is 11.1 Å². The maximum Gasteiger partial charge on any atom is 0.270 e. The minimum absolute atomic E-state index is 0.125. The molecule has 29 heavy (non-hydrogen) atoms. The smallest absolute Gasteiger partial charge is 0.270 e. The number of rotatable bonds is 5. The normalized spacial score (nSPS) is 13.7. The van der Waals surface area contributed by atoms with Gasteiger partial charge in [0.25, 0.3) is 11.8 Å². The number of hydrogen-bond acceptors (Lipinski definition) is 4. The Labute approximate surface area is 170 Å². The number of aryl methyl sites for hydroxylation is 1. The zero-order valence-electron chi connectivity index (χ0n) is 16.8. The summed E-state index contributed by atoms with van der Waals surface area (Å²) in [5.41, 5.74) is 3.50. The summed E-state index contributed by atoms with van der Waals surface area (Å²) in [4.78, 5) is 38.4. The lowest BCUT2D eigenvalue weighted by molar-refractivity contribution is -0.123. The second-order valence-corrected chi connectivity index (χ2v) is 7.03. The van der Waals surface area contributed by atoms with Gasteiger partial charge in [-0.15, -0.1) is 0 Å². The lowest BCUT2D eigenvalue weighted by atomic mass is 10.1.